The maximum absolute atomic E-state index is 11.3. The van der Waals surface area contributed by atoms with Crippen LogP contribution in [-0.4, -0.2) is 13.1 Å². The predicted molar refractivity (Wildman–Crippen MR) is 88.8 cm³/mol. The van der Waals surface area contributed by atoms with Gasteiger partial charge in [0.05, 0.1) is 18.8 Å². The summed E-state index contributed by atoms with van der Waals surface area (Å²) >= 11 is 0. The molecule has 0 aliphatic rings. The average Bonchev–Trinajstić information content (AvgIpc) is 2.61. The van der Waals surface area contributed by atoms with E-state index in [9.17, 15) is 10.1 Å². The third kappa shape index (κ3) is 4.21. The number of carbonyl (C=O) groups is 1. The van der Waals surface area contributed by atoms with Gasteiger partial charge in [-0.1, -0.05) is 31.2 Å². The molecular formula is C19H17NO3. The molecule has 2 rings (SSSR count). The van der Waals surface area contributed by atoms with Gasteiger partial charge < -0.3 is 9.47 Å². The fourth-order valence-corrected chi connectivity index (χ4v) is 2.04. The van der Waals surface area contributed by atoms with Gasteiger partial charge in [0.15, 0.2) is 0 Å². The van der Waals surface area contributed by atoms with Crippen LogP contribution < -0.4 is 9.47 Å². The Morgan fingerprint density at radius 3 is 2.48 bits per heavy atom. The molecule has 0 aliphatic carbocycles. The topological polar surface area (TPSA) is 59.3 Å². The van der Waals surface area contributed by atoms with Crippen molar-refractivity contribution in [3.63, 3.8) is 0 Å². The number of nitriles is 1. The van der Waals surface area contributed by atoms with E-state index in [1.165, 1.54) is 0 Å². The summed E-state index contributed by atoms with van der Waals surface area (Å²) in [6, 6.07) is 16.6. The molecule has 0 aromatic heterocycles. The Labute approximate surface area is 135 Å². The Kier molecular flexibility index (Phi) is 5.54. The van der Waals surface area contributed by atoms with Crippen LogP contribution >= 0.6 is 0 Å². The monoisotopic (exact) mass is 307 g/mol. The molecule has 0 unspecified atom stereocenters. The van der Waals surface area contributed by atoms with Gasteiger partial charge in [0.1, 0.15) is 11.5 Å². The number of methoxy groups -OCH3 is 1. The second kappa shape index (κ2) is 7.81. The standard InChI is InChI=1S/C19H17NO3/c1-3-19(21)23-16-10-8-14(9-11-16)12-15(13-20)17-6-4-5-7-18(17)22-2/h4-12H,3H2,1-2H3/b15-12-. The summed E-state index contributed by atoms with van der Waals surface area (Å²) in [5, 5.41) is 9.42. The fourth-order valence-electron chi connectivity index (χ4n) is 2.04. The number of allylic oxidation sites excluding steroid dienone is 1. The van der Waals surface area contributed by atoms with E-state index in [1.54, 1.807) is 44.4 Å². The van der Waals surface area contributed by atoms with Crippen molar-refractivity contribution < 1.29 is 14.3 Å². The van der Waals surface area contributed by atoms with Crippen LogP contribution in [-0.2, 0) is 4.79 Å². The molecule has 2 aromatic carbocycles. The molecule has 0 bridgehead atoms. The van der Waals surface area contributed by atoms with Crippen molar-refractivity contribution in [2.75, 3.05) is 7.11 Å². The maximum Gasteiger partial charge on any atom is 0.310 e. The van der Waals surface area contributed by atoms with Crippen LogP contribution in [0.4, 0.5) is 0 Å². The molecule has 4 heteroatoms. The molecule has 116 valence electrons. The molecule has 0 heterocycles. The number of rotatable bonds is 5. The number of benzene rings is 2. The highest BCUT2D eigenvalue weighted by Crippen LogP contribution is 2.27. The summed E-state index contributed by atoms with van der Waals surface area (Å²) in [6.45, 7) is 1.74. The molecule has 2 aromatic rings. The Hall–Kier alpha value is -3.06. The van der Waals surface area contributed by atoms with Crippen LogP contribution in [0.25, 0.3) is 11.6 Å². The van der Waals surface area contributed by atoms with E-state index in [0.29, 0.717) is 23.5 Å². The summed E-state index contributed by atoms with van der Waals surface area (Å²) in [5.74, 6) is 0.860. The van der Waals surface area contributed by atoms with Crippen molar-refractivity contribution in [2.45, 2.75) is 13.3 Å². The van der Waals surface area contributed by atoms with Gasteiger partial charge in [-0.15, -0.1) is 0 Å². The summed E-state index contributed by atoms with van der Waals surface area (Å²) in [4.78, 5) is 11.3. The van der Waals surface area contributed by atoms with E-state index in [2.05, 4.69) is 6.07 Å². The van der Waals surface area contributed by atoms with Crippen LogP contribution in [0.15, 0.2) is 48.5 Å². The van der Waals surface area contributed by atoms with Crippen LogP contribution in [0.5, 0.6) is 11.5 Å². The van der Waals surface area contributed by atoms with Gasteiger partial charge in [-0.05, 0) is 35.9 Å². The minimum absolute atomic E-state index is 0.278. The highest BCUT2D eigenvalue weighted by molar-refractivity contribution is 5.91. The zero-order valence-electron chi connectivity index (χ0n) is 13.1. The number of carbonyl (C=O) groups excluding carboxylic acids is 1. The van der Waals surface area contributed by atoms with E-state index >= 15 is 0 Å². The van der Waals surface area contributed by atoms with Gasteiger partial charge in [-0.2, -0.15) is 5.26 Å². The van der Waals surface area contributed by atoms with E-state index < -0.39 is 0 Å². The molecule has 0 spiro atoms. The van der Waals surface area contributed by atoms with Crippen molar-refractivity contribution in [3.05, 3.63) is 59.7 Å². The first-order valence-electron chi connectivity index (χ1n) is 7.24. The molecule has 0 aliphatic heterocycles. The van der Waals surface area contributed by atoms with E-state index in [4.69, 9.17) is 9.47 Å². The molecule has 0 N–H and O–H groups in total. The normalized spacial score (nSPS) is 10.7. The van der Waals surface area contributed by atoms with Crippen LogP contribution in [0.2, 0.25) is 0 Å². The molecule has 0 amide bonds. The maximum atomic E-state index is 11.3. The highest BCUT2D eigenvalue weighted by atomic mass is 16.5. The van der Waals surface area contributed by atoms with Crippen LogP contribution in [0.1, 0.15) is 24.5 Å². The second-order valence-electron chi connectivity index (χ2n) is 4.77. The van der Waals surface area contributed by atoms with Gasteiger partial charge >= 0.3 is 5.97 Å². The predicted octanol–water partition coefficient (Wildman–Crippen LogP) is 4.07. The number of ether oxygens (including phenoxy) is 2. The van der Waals surface area contributed by atoms with Crippen molar-refractivity contribution in [1.82, 2.24) is 0 Å². The number of para-hydroxylation sites is 1. The Bertz CT molecular complexity index is 755. The lowest BCUT2D eigenvalue weighted by Crippen LogP contribution is -2.05. The minimum atomic E-state index is -0.278. The molecule has 23 heavy (non-hydrogen) atoms. The lowest BCUT2D eigenvalue weighted by atomic mass is 10.0. The first-order valence-corrected chi connectivity index (χ1v) is 7.24. The Morgan fingerprint density at radius 2 is 1.87 bits per heavy atom. The average molecular weight is 307 g/mol. The third-order valence-corrected chi connectivity index (χ3v) is 3.23. The van der Waals surface area contributed by atoms with Crippen molar-refractivity contribution in [1.29, 1.82) is 5.26 Å². The van der Waals surface area contributed by atoms with Crippen molar-refractivity contribution >= 4 is 17.6 Å². The minimum Gasteiger partial charge on any atom is -0.496 e. The van der Waals surface area contributed by atoms with Crippen LogP contribution in [0, 0.1) is 11.3 Å². The van der Waals surface area contributed by atoms with Crippen molar-refractivity contribution in [3.8, 4) is 17.6 Å². The molecular weight excluding hydrogens is 290 g/mol. The number of hydrogen-bond acceptors (Lipinski definition) is 4. The van der Waals surface area contributed by atoms with E-state index in [-0.39, 0.29) is 5.97 Å². The summed E-state index contributed by atoms with van der Waals surface area (Å²) < 4.78 is 10.4. The summed E-state index contributed by atoms with van der Waals surface area (Å²) in [7, 11) is 1.57. The first kappa shape index (κ1) is 16.3. The largest absolute Gasteiger partial charge is 0.496 e. The van der Waals surface area contributed by atoms with Crippen molar-refractivity contribution in [2.24, 2.45) is 0 Å². The Morgan fingerprint density at radius 1 is 1.17 bits per heavy atom. The first-order chi connectivity index (χ1) is 11.2. The Balaban J connectivity index is 2.28. The van der Waals surface area contributed by atoms with Gasteiger partial charge in [-0.25, -0.2) is 0 Å². The lowest BCUT2D eigenvalue weighted by molar-refractivity contribution is -0.134. The third-order valence-electron chi connectivity index (χ3n) is 3.23. The number of hydrogen-bond donors (Lipinski definition) is 0. The summed E-state index contributed by atoms with van der Waals surface area (Å²) in [6.07, 6.45) is 2.09. The van der Waals surface area contributed by atoms with Crippen LogP contribution in [0.3, 0.4) is 0 Å². The zero-order chi connectivity index (χ0) is 16.7. The molecule has 0 atom stereocenters. The second-order valence-corrected chi connectivity index (χ2v) is 4.77. The van der Waals surface area contributed by atoms with Gasteiger partial charge in [0, 0.05) is 12.0 Å². The zero-order valence-corrected chi connectivity index (χ0v) is 13.1. The molecule has 4 nitrogen and oxygen atoms in total. The molecule has 0 radical (unpaired) electrons. The van der Waals surface area contributed by atoms with Gasteiger partial charge in [-0.3, -0.25) is 4.79 Å². The fraction of sp³-hybridized carbons (Fsp3) is 0.158. The van der Waals surface area contributed by atoms with E-state index in [0.717, 1.165) is 11.1 Å². The highest BCUT2D eigenvalue weighted by Gasteiger charge is 2.08. The molecule has 0 fully saturated rings. The quantitative estimate of drug-likeness (QED) is 0.361. The smallest absolute Gasteiger partial charge is 0.310 e. The van der Waals surface area contributed by atoms with Gasteiger partial charge in [0.2, 0.25) is 0 Å². The number of nitrogens with zero attached hydrogens (tertiary/aromatic N) is 1. The summed E-state index contributed by atoms with van der Waals surface area (Å²) in [5.41, 5.74) is 2.07. The SMILES string of the molecule is CCC(=O)Oc1ccc(/C=C(/C#N)c2ccccc2OC)cc1. The lowest BCUT2D eigenvalue weighted by Gasteiger charge is -2.07. The molecule has 0 saturated heterocycles. The van der Waals surface area contributed by atoms with E-state index in [1.807, 2.05) is 24.3 Å². The number of esters is 1. The molecule has 0 saturated carbocycles. The van der Waals surface area contributed by atoms with Gasteiger partial charge in [0.25, 0.3) is 0 Å².